The van der Waals surface area contributed by atoms with Gasteiger partial charge >= 0.3 is 0 Å². The fourth-order valence-electron chi connectivity index (χ4n) is 2.53. The van der Waals surface area contributed by atoms with Crippen LogP contribution in [0.4, 0.5) is 0 Å². The van der Waals surface area contributed by atoms with Crippen LogP contribution in [0.1, 0.15) is 13.8 Å². The van der Waals surface area contributed by atoms with E-state index in [1.807, 2.05) is 6.21 Å². The zero-order valence-corrected chi connectivity index (χ0v) is 9.15. The summed E-state index contributed by atoms with van der Waals surface area (Å²) in [5, 5.41) is 10.4. The average Bonchev–Trinajstić information content (AvgIpc) is 2.51. The predicted molar refractivity (Wildman–Crippen MR) is 60.3 cm³/mol. The Balaban J connectivity index is 2.14. The topological polar surface area (TPSA) is 48.5 Å². The molecule has 3 N–H and O–H groups in total. The summed E-state index contributed by atoms with van der Waals surface area (Å²) in [6, 6.07) is 0. The van der Waals surface area contributed by atoms with Crippen molar-refractivity contribution in [1.82, 2.24) is 16.0 Å². The van der Waals surface area contributed by atoms with Gasteiger partial charge in [0.15, 0.2) is 0 Å². The minimum Gasteiger partial charge on any atom is -0.384 e. The molecule has 0 amide bonds. The first-order valence-corrected chi connectivity index (χ1v) is 5.45. The summed E-state index contributed by atoms with van der Waals surface area (Å²) in [6.07, 6.45) is 1.94. The van der Waals surface area contributed by atoms with Gasteiger partial charge in [0.05, 0.1) is 29.1 Å². The number of nitrogens with one attached hydrogen (secondary N) is 3. The van der Waals surface area contributed by atoms with Gasteiger partial charge in [-0.3, -0.25) is 4.99 Å². The molecule has 0 radical (unpaired) electrons. The molecule has 0 aromatic carbocycles. The molecule has 2 heterocycles. The van der Waals surface area contributed by atoms with E-state index < -0.39 is 0 Å². The van der Waals surface area contributed by atoms with Gasteiger partial charge in [-0.15, -0.1) is 0 Å². The number of rotatable bonds is 0. The minimum atomic E-state index is 0.00199. The van der Waals surface area contributed by atoms with Crippen molar-refractivity contribution in [2.24, 2.45) is 10.4 Å². The standard InChI is InChI=1S/C11H16N4/c1-11(2)9-7(12-3-5-14-9)8-10(11)15-6-4-13-8/h5,12-13,15H,3-4,6H2,1-2H3. The molecule has 3 aliphatic rings. The Morgan fingerprint density at radius 1 is 1.13 bits per heavy atom. The quantitative estimate of drug-likeness (QED) is 0.532. The van der Waals surface area contributed by atoms with Gasteiger partial charge in [0.2, 0.25) is 0 Å². The summed E-state index contributed by atoms with van der Waals surface area (Å²) in [5.41, 5.74) is 4.84. The van der Waals surface area contributed by atoms with Gasteiger partial charge in [0.25, 0.3) is 0 Å². The van der Waals surface area contributed by atoms with Crippen LogP contribution >= 0.6 is 0 Å². The Kier molecular flexibility index (Phi) is 1.63. The van der Waals surface area contributed by atoms with Crippen molar-refractivity contribution in [3.63, 3.8) is 0 Å². The Bertz CT molecular complexity index is 401. The van der Waals surface area contributed by atoms with E-state index in [0.29, 0.717) is 0 Å². The molecule has 0 spiro atoms. The van der Waals surface area contributed by atoms with E-state index in [9.17, 15) is 0 Å². The lowest BCUT2D eigenvalue weighted by Gasteiger charge is -2.28. The normalized spacial score (nSPS) is 26.5. The first-order chi connectivity index (χ1) is 7.21. The van der Waals surface area contributed by atoms with Crippen LogP contribution in [0, 0.1) is 5.41 Å². The van der Waals surface area contributed by atoms with E-state index in [4.69, 9.17) is 0 Å². The second kappa shape index (κ2) is 2.78. The van der Waals surface area contributed by atoms with E-state index in [0.717, 1.165) is 25.3 Å². The van der Waals surface area contributed by atoms with Crippen LogP contribution in [0.2, 0.25) is 0 Å². The molecular weight excluding hydrogens is 188 g/mol. The van der Waals surface area contributed by atoms with Crippen molar-refractivity contribution < 1.29 is 0 Å². The average molecular weight is 204 g/mol. The number of hydrogen-bond donors (Lipinski definition) is 3. The molecule has 3 rings (SSSR count). The summed E-state index contributed by atoms with van der Waals surface area (Å²) < 4.78 is 0. The first kappa shape index (κ1) is 8.83. The fraction of sp³-hybridized carbons (Fsp3) is 0.545. The van der Waals surface area contributed by atoms with Gasteiger partial charge in [-0.05, 0) is 13.8 Å². The molecule has 0 saturated heterocycles. The number of hydrogen-bond acceptors (Lipinski definition) is 4. The minimum absolute atomic E-state index is 0.00199. The Morgan fingerprint density at radius 3 is 2.80 bits per heavy atom. The highest BCUT2D eigenvalue weighted by Gasteiger charge is 2.42. The van der Waals surface area contributed by atoms with Gasteiger partial charge in [0.1, 0.15) is 0 Å². The maximum Gasteiger partial charge on any atom is 0.0825 e. The van der Waals surface area contributed by atoms with Crippen LogP contribution in [-0.2, 0) is 0 Å². The molecule has 0 fully saturated rings. The highest BCUT2D eigenvalue weighted by Crippen LogP contribution is 2.45. The highest BCUT2D eigenvalue weighted by molar-refractivity contribution is 5.68. The zero-order valence-electron chi connectivity index (χ0n) is 9.15. The van der Waals surface area contributed by atoms with Crippen LogP contribution in [0.5, 0.6) is 0 Å². The molecule has 15 heavy (non-hydrogen) atoms. The fourth-order valence-corrected chi connectivity index (χ4v) is 2.53. The maximum atomic E-state index is 4.54. The zero-order chi connectivity index (χ0) is 10.5. The molecule has 1 aliphatic carbocycles. The van der Waals surface area contributed by atoms with Gasteiger partial charge in [-0.1, -0.05) is 0 Å². The molecule has 0 aromatic rings. The van der Waals surface area contributed by atoms with Gasteiger partial charge in [-0.2, -0.15) is 0 Å². The SMILES string of the molecule is CC1(C)C2=C(NCC=N2)C2=C1NCCN2. The van der Waals surface area contributed by atoms with Gasteiger partial charge < -0.3 is 16.0 Å². The molecule has 0 aromatic heterocycles. The maximum absolute atomic E-state index is 4.54. The Labute approximate surface area is 89.5 Å². The van der Waals surface area contributed by atoms with Gasteiger partial charge in [0, 0.05) is 25.0 Å². The van der Waals surface area contributed by atoms with Crippen LogP contribution in [0.3, 0.4) is 0 Å². The van der Waals surface area contributed by atoms with Crippen molar-refractivity contribution in [2.45, 2.75) is 13.8 Å². The molecule has 4 nitrogen and oxygen atoms in total. The van der Waals surface area contributed by atoms with Crippen LogP contribution in [0.15, 0.2) is 27.8 Å². The van der Waals surface area contributed by atoms with Crippen LogP contribution in [-0.4, -0.2) is 25.8 Å². The Morgan fingerprint density at radius 2 is 1.93 bits per heavy atom. The number of fused-ring (bicyclic) bond motifs is 1. The lowest BCUT2D eigenvalue weighted by atomic mass is 9.88. The molecular formula is C11H16N4. The third-order valence-corrected chi connectivity index (χ3v) is 3.27. The van der Waals surface area contributed by atoms with Crippen molar-refractivity contribution >= 4 is 6.21 Å². The van der Waals surface area contributed by atoms with E-state index >= 15 is 0 Å². The van der Waals surface area contributed by atoms with Crippen molar-refractivity contribution in [3.8, 4) is 0 Å². The second-order valence-corrected chi connectivity index (χ2v) is 4.64. The monoisotopic (exact) mass is 204 g/mol. The largest absolute Gasteiger partial charge is 0.384 e. The molecule has 80 valence electrons. The van der Waals surface area contributed by atoms with E-state index in [-0.39, 0.29) is 5.41 Å². The van der Waals surface area contributed by atoms with E-state index in [1.165, 1.54) is 17.1 Å². The third-order valence-electron chi connectivity index (χ3n) is 3.27. The summed E-state index contributed by atoms with van der Waals surface area (Å²) in [5.74, 6) is 0. The molecule has 0 saturated carbocycles. The first-order valence-electron chi connectivity index (χ1n) is 5.45. The smallest absolute Gasteiger partial charge is 0.0825 e. The van der Waals surface area contributed by atoms with Crippen LogP contribution < -0.4 is 16.0 Å². The summed E-state index contributed by atoms with van der Waals surface area (Å²) in [7, 11) is 0. The Hall–Kier alpha value is -1.45. The lowest BCUT2D eigenvalue weighted by Crippen LogP contribution is -2.39. The van der Waals surface area contributed by atoms with Gasteiger partial charge in [-0.25, -0.2) is 0 Å². The molecule has 0 atom stereocenters. The molecule has 2 aliphatic heterocycles. The van der Waals surface area contributed by atoms with E-state index in [1.54, 1.807) is 0 Å². The van der Waals surface area contributed by atoms with E-state index in [2.05, 4.69) is 34.8 Å². The van der Waals surface area contributed by atoms with Crippen LogP contribution in [0.25, 0.3) is 0 Å². The summed E-state index contributed by atoms with van der Waals surface area (Å²) >= 11 is 0. The summed E-state index contributed by atoms with van der Waals surface area (Å²) in [4.78, 5) is 4.54. The van der Waals surface area contributed by atoms with Crippen molar-refractivity contribution in [3.05, 3.63) is 22.8 Å². The number of aliphatic imine (C=N–C) groups is 1. The molecule has 0 unspecified atom stereocenters. The molecule has 4 heteroatoms. The lowest BCUT2D eigenvalue weighted by molar-refractivity contribution is 0.476. The second-order valence-electron chi connectivity index (χ2n) is 4.64. The molecule has 0 bridgehead atoms. The highest BCUT2D eigenvalue weighted by atomic mass is 15.1. The van der Waals surface area contributed by atoms with Crippen molar-refractivity contribution in [1.29, 1.82) is 0 Å². The van der Waals surface area contributed by atoms with Crippen molar-refractivity contribution in [2.75, 3.05) is 19.6 Å². The number of nitrogens with zero attached hydrogens (tertiary/aromatic N) is 1. The predicted octanol–water partition coefficient (Wildman–Crippen LogP) is 0.316. The summed E-state index contributed by atoms with van der Waals surface area (Å²) in [6.45, 7) is 7.24. The third kappa shape index (κ3) is 1.05.